The Bertz CT molecular complexity index is 1040. The van der Waals surface area contributed by atoms with Crippen LogP contribution in [0.5, 0.6) is 0 Å². The first kappa shape index (κ1) is 20.3. The van der Waals surface area contributed by atoms with Crippen molar-refractivity contribution in [1.29, 1.82) is 0 Å². The number of imidazole rings is 1. The SMILES string of the molecule is CCc1nc2cccnc2n1CCN1CCN(C(=O)Nc2cccc(C)c2C)CC1. The van der Waals surface area contributed by atoms with Gasteiger partial charge in [0.05, 0.1) is 0 Å². The summed E-state index contributed by atoms with van der Waals surface area (Å²) in [6.45, 7) is 11.3. The van der Waals surface area contributed by atoms with Crippen LogP contribution in [-0.4, -0.2) is 63.1 Å². The molecule has 0 unspecified atom stereocenters. The maximum Gasteiger partial charge on any atom is 0.321 e. The first-order valence-electron chi connectivity index (χ1n) is 10.7. The van der Waals surface area contributed by atoms with Crippen LogP contribution >= 0.6 is 0 Å². The molecule has 1 saturated heterocycles. The minimum atomic E-state index is -0.0126. The number of aryl methyl sites for hydroxylation is 2. The maximum atomic E-state index is 12.7. The molecule has 1 aliphatic heterocycles. The molecule has 7 nitrogen and oxygen atoms in total. The van der Waals surface area contributed by atoms with E-state index in [1.165, 1.54) is 5.56 Å². The molecule has 4 rings (SSSR count). The van der Waals surface area contributed by atoms with Crippen molar-refractivity contribution < 1.29 is 4.79 Å². The number of piperazine rings is 1. The van der Waals surface area contributed by atoms with Crippen LogP contribution in [0.2, 0.25) is 0 Å². The highest BCUT2D eigenvalue weighted by Crippen LogP contribution is 2.19. The number of rotatable bonds is 5. The second kappa shape index (κ2) is 8.83. The van der Waals surface area contributed by atoms with E-state index in [9.17, 15) is 4.79 Å². The predicted octanol–water partition coefficient (Wildman–Crippen LogP) is 3.46. The van der Waals surface area contributed by atoms with E-state index in [2.05, 4.69) is 39.7 Å². The van der Waals surface area contributed by atoms with Gasteiger partial charge < -0.3 is 14.8 Å². The van der Waals surface area contributed by atoms with Crippen molar-refractivity contribution in [3.8, 4) is 0 Å². The number of aromatic nitrogens is 3. The molecule has 0 spiro atoms. The van der Waals surface area contributed by atoms with E-state index in [1.54, 1.807) is 0 Å². The quantitative estimate of drug-likeness (QED) is 0.705. The van der Waals surface area contributed by atoms with Crippen molar-refractivity contribution in [2.45, 2.75) is 33.7 Å². The number of nitrogens with zero attached hydrogens (tertiary/aromatic N) is 5. The zero-order valence-corrected chi connectivity index (χ0v) is 18.1. The minimum absolute atomic E-state index is 0.0126. The molecule has 1 aliphatic rings. The average Bonchev–Trinajstić information content (AvgIpc) is 3.13. The van der Waals surface area contributed by atoms with Gasteiger partial charge in [0.25, 0.3) is 0 Å². The van der Waals surface area contributed by atoms with Crippen molar-refractivity contribution in [3.63, 3.8) is 0 Å². The van der Waals surface area contributed by atoms with E-state index in [0.29, 0.717) is 0 Å². The number of hydrogen-bond acceptors (Lipinski definition) is 4. The molecule has 2 aromatic heterocycles. The van der Waals surface area contributed by atoms with Crippen molar-refractivity contribution in [2.75, 3.05) is 38.0 Å². The number of hydrogen-bond donors (Lipinski definition) is 1. The van der Waals surface area contributed by atoms with Crippen LogP contribution in [0.3, 0.4) is 0 Å². The van der Waals surface area contributed by atoms with Crippen LogP contribution in [0.15, 0.2) is 36.5 Å². The van der Waals surface area contributed by atoms with Crippen molar-refractivity contribution in [2.24, 2.45) is 0 Å². The van der Waals surface area contributed by atoms with Gasteiger partial charge in [-0.25, -0.2) is 14.8 Å². The predicted molar refractivity (Wildman–Crippen MR) is 120 cm³/mol. The van der Waals surface area contributed by atoms with E-state index in [1.807, 2.05) is 42.3 Å². The van der Waals surface area contributed by atoms with Crippen LogP contribution in [0, 0.1) is 13.8 Å². The fourth-order valence-corrected chi connectivity index (χ4v) is 4.01. The lowest BCUT2D eigenvalue weighted by atomic mass is 10.1. The summed E-state index contributed by atoms with van der Waals surface area (Å²) in [4.78, 5) is 26.2. The molecular weight excluding hydrogens is 376 g/mol. The molecule has 30 heavy (non-hydrogen) atoms. The van der Waals surface area contributed by atoms with Gasteiger partial charge in [-0.1, -0.05) is 19.1 Å². The number of amides is 2. The van der Waals surface area contributed by atoms with Crippen molar-refractivity contribution in [1.82, 2.24) is 24.3 Å². The van der Waals surface area contributed by atoms with Gasteiger partial charge in [-0.2, -0.15) is 0 Å². The summed E-state index contributed by atoms with van der Waals surface area (Å²) in [5, 5.41) is 3.07. The Morgan fingerprint density at radius 1 is 1.07 bits per heavy atom. The second-order valence-electron chi connectivity index (χ2n) is 7.89. The lowest BCUT2D eigenvalue weighted by molar-refractivity contribution is 0.144. The monoisotopic (exact) mass is 406 g/mol. The Kier molecular flexibility index (Phi) is 5.99. The second-order valence-corrected chi connectivity index (χ2v) is 7.89. The van der Waals surface area contributed by atoms with Gasteiger partial charge in [-0.05, 0) is 43.2 Å². The number of urea groups is 1. The Balaban J connectivity index is 1.32. The van der Waals surface area contributed by atoms with Crippen LogP contribution in [0.4, 0.5) is 10.5 Å². The van der Waals surface area contributed by atoms with E-state index in [-0.39, 0.29) is 6.03 Å². The third kappa shape index (κ3) is 4.16. The van der Waals surface area contributed by atoms with Gasteiger partial charge in [0, 0.05) is 57.6 Å². The zero-order valence-electron chi connectivity index (χ0n) is 18.1. The van der Waals surface area contributed by atoms with Gasteiger partial charge in [0.15, 0.2) is 5.65 Å². The highest BCUT2D eigenvalue weighted by molar-refractivity contribution is 5.90. The molecule has 7 heteroatoms. The van der Waals surface area contributed by atoms with E-state index in [4.69, 9.17) is 4.98 Å². The highest BCUT2D eigenvalue weighted by Gasteiger charge is 2.22. The molecule has 2 amide bonds. The molecule has 1 N–H and O–H groups in total. The topological polar surface area (TPSA) is 66.3 Å². The average molecular weight is 407 g/mol. The van der Waals surface area contributed by atoms with Crippen LogP contribution in [0.25, 0.3) is 11.2 Å². The van der Waals surface area contributed by atoms with Crippen molar-refractivity contribution >= 4 is 22.9 Å². The number of fused-ring (bicyclic) bond motifs is 1. The third-order valence-corrected chi connectivity index (χ3v) is 6.04. The largest absolute Gasteiger partial charge is 0.322 e. The zero-order chi connectivity index (χ0) is 21.1. The summed E-state index contributed by atoms with van der Waals surface area (Å²) in [6.07, 6.45) is 2.72. The maximum absolute atomic E-state index is 12.7. The molecule has 0 radical (unpaired) electrons. The van der Waals surface area contributed by atoms with Crippen LogP contribution in [0.1, 0.15) is 23.9 Å². The molecule has 0 saturated carbocycles. The summed E-state index contributed by atoms with van der Waals surface area (Å²) >= 11 is 0. The van der Waals surface area contributed by atoms with E-state index in [0.717, 1.165) is 73.9 Å². The van der Waals surface area contributed by atoms with E-state index >= 15 is 0 Å². The molecule has 0 atom stereocenters. The molecule has 1 fully saturated rings. The Morgan fingerprint density at radius 2 is 1.87 bits per heavy atom. The number of nitrogens with one attached hydrogen (secondary N) is 1. The highest BCUT2D eigenvalue weighted by atomic mass is 16.2. The molecular formula is C23H30N6O. The number of benzene rings is 1. The Hall–Kier alpha value is -2.93. The lowest BCUT2D eigenvalue weighted by Crippen LogP contribution is -2.50. The smallest absolute Gasteiger partial charge is 0.321 e. The van der Waals surface area contributed by atoms with Gasteiger partial charge >= 0.3 is 6.03 Å². The van der Waals surface area contributed by atoms with Crippen LogP contribution < -0.4 is 5.32 Å². The fourth-order valence-electron chi connectivity index (χ4n) is 4.01. The van der Waals surface area contributed by atoms with E-state index < -0.39 is 0 Å². The molecule has 3 aromatic rings. The number of pyridine rings is 1. The molecule has 0 bridgehead atoms. The summed E-state index contributed by atoms with van der Waals surface area (Å²) in [7, 11) is 0. The Morgan fingerprint density at radius 3 is 2.63 bits per heavy atom. The summed E-state index contributed by atoms with van der Waals surface area (Å²) < 4.78 is 2.23. The Labute approximate surface area is 177 Å². The third-order valence-electron chi connectivity index (χ3n) is 6.04. The minimum Gasteiger partial charge on any atom is -0.322 e. The fraction of sp³-hybridized carbons (Fsp3) is 0.435. The molecule has 3 heterocycles. The molecule has 0 aliphatic carbocycles. The lowest BCUT2D eigenvalue weighted by Gasteiger charge is -2.35. The summed E-state index contributed by atoms with van der Waals surface area (Å²) in [5.74, 6) is 1.08. The van der Waals surface area contributed by atoms with Gasteiger partial charge in [-0.15, -0.1) is 0 Å². The standard InChI is InChI=1S/C23H30N6O/c1-4-21-25-20-9-6-10-24-22(20)29(21)16-13-27-11-14-28(15-12-27)23(30)26-19-8-5-7-17(2)18(19)3/h5-10H,4,11-16H2,1-3H3,(H,26,30). The number of anilines is 1. The van der Waals surface area contributed by atoms with Gasteiger partial charge in [0.1, 0.15) is 11.3 Å². The number of carbonyl (C=O) groups excluding carboxylic acids is 1. The summed E-state index contributed by atoms with van der Waals surface area (Å²) in [6, 6.07) is 9.95. The first-order chi connectivity index (χ1) is 14.6. The normalized spacial score (nSPS) is 15.0. The van der Waals surface area contributed by atoms with Crippen LogP contribution in [-0.2, 0) is 13.0 Å². The van der Waals surface area contributed by atoms with Crippen molar-refractivity contribution in [3.05, 3.63) is 53.5 Å². The number of carbonyl (C=O) groups is 1. The molecule has 1 aromatic carbocycles. The van der Waals surface area contributed by atoms with Gasteiger partial charge in [0.2, 0.25) is 0 Å². The summed E-state index contributed by atoms with van der Waals surface area (Å²) in [5.41, 5.74) is 5.13. The van der Waals surface area contributed by atoms with Gasteiger partial charge in [-0.3, -0.25) is 4.90 Å². The molecule has 158 valence electrons. The first-order valence-corrected chi connectivity index (χ1v) is 10.7.